The Morgan fingerprint density at radius 1 is 1.38 bits per heavy atom. The maximum Gasteiger partial charge on any atom is 0.224 e. The maximum absolute atomic E-state index is 11.9. The van der Waals surface area contributed by atoms with Crippen LogP contribution in [0.5, 0.6) is 0 Å². The van der Waals surface area contributed by atoms with E-state index in [2.05, 4.69) is 5.32 Å². The molecule has 2 heterocycles. The van der Waals surface area contributed by atoms with Gasteiger partial charge < -0.3 is 10.2 Å². The SMILES string of the molecule is CC(C)N1C(=O)CCNC2CS(=O)(=O)CC21. The Morgan fingerprint density at radius 2 is 2.06 bits per heavy atom. The third kappa shape index (κ3) is 2.08. The van der Waals surface area contributed by atoms with E-state index in [9.17, 15) is 13.2 Å². The van der Waals surface area contributed by atoms with Crippen molar-refractivity contribution in [2.75, 3.05) is 18.1 Å². The average Bonchev–Trinajstić information content (AvgIpc) is 2.32. The molecule has 2 aliphatic rings. The highest BCUT2D eigenvalue weighted by Crippen LogP contribution is 2.23. The lowest BCUT2D eigenvalue weighted by molar-refractivity contribution is -0.134. The summed E-state index contributed by atoms with van der Waals surface area (Å²) < 4.78 is 23.2. The number of rotatable bonds is 1. The van der Waals surface area contributed by atoms with Crippen LogP contribution < -0.4 is 5.32 Å². The first-order chi connectivity index (χ1) is 7.41. The van der Waals surface area contributed by atoms with Crippen LogP contribution >= 0.6 is 0 Å². The van der Waals surface area contributed by atoms with Crippen LogP contribution in [-0.4, -0.2) is 55.4 Å². The molecule has 1 N–H and O–H groups in total. The normalized spacial score (nSPS) is 33.9. The van der Waals surface area contributed by atoms with Gasteiger partial charge in [-0.25, -0.2) is 8.42 Å². The second-order valence-electron chi connectivity index (χ2n) is 4.85. The first-order valence-corrected chi connectivity index (χ1v) is 7.48. The maximum atomic E-state index is 11.9. The number of sulfone groups is 1. The largest absolute Gasteiger partial charge is 0.335 e. The first kappa shape index (κ1) is 11.9. The van der Waals surface area contributed by atoms with Crippen LogP contribution in [-0.2, 0) is 14.6 Å². The molecule has 2 rings (SSSR count). The predicted octanol–water partition coefficient (Wildman–Crippen LogP) is -0.618. The molecule has 16 heavy (non-hydrogen) atoms. The van der Waals surface area contributed by atoms with E-state index in [1.54, 1.807) is 4.90 Å². The zero-order valence-corrected chi connectivity index (χ0v) is 10.5. The van der Waals surface area contributed by atoms with E-state index in [1.807, 2.05) is 13.8 Å². The minimum absolute atomic E-state index is 0.0621. The fourth-order valence-electron chi connectivity index (χ4n) is 2.65. The van der Waals surface area contributed by atoms with Crippen molar-refractivity contribution in [3.8, 4) is 0 Å². The standard InChI is InChI=1S/C10H18N2O3S/c1-7(2)12-9-6-16(14,15)5-8(9)11-4-3-10(12)13/h7-9,11H,3-6H2,1-2H3. The van der Waals surface area contributed by atoms with Gasteiger partial charge in [0.25, 0.3) is 0 Å². The van der Waals surface area contributed by atoms with Crippen molar-refractivity contribution in [3.63, 3.8) is 0 Å². The Balaban J connectivity index is 2.30. The van der Waals surface area contributed by atoms with Crippen LogP contribution in [0.1, 0.15) is 20.3 Å². The van der Waals surface area contributed by atoms with Crippen LogP contribution in [0.15, 0.2) is 0 Å². The quantitative estimate of drug-likeness (QED) is 0.670. The molecule has 2 saturated heterocycles. The van der Waals surface area contributed by atoms with Crippen molar-refractivity contribution in [1.82, 2.24) is 10.2 Å². The molecule has 1 amide bonds. The number of nitrogens with zero attached hydrogens (tertiary/aromatic N) is 1. The molecule has 2 aliphatic heterocycles. The third-order valence-electron chi connectivity index (χ3n) is 3.27. The number of hydrogen-bond donors (Lipinski definition) is 1. The van der Waals surface area contributed by atoms with Gasteiger partial charge in [-0.2, -0.15) is 0 Å². The lowest BCUT2D eigenvalue weighted by atomic mass is 10.1. The topological polar surface area (TPSA) is 66.5 Å². The van der Waals surface area contributed by atoms with E-state index in [0.29, 0.717) is 13.0 Å². The fourth-order valence-corrected chi connectivity index (χ4v) is 4.58. The van der Waals surface area contributed by atoms with E-state index in [0.717, 1.165) is 0 Å². The highest BCUT2D eigenvalue weighted by Gasteiger charge is 2.44. The molecule has 2 unspecified atom stereocenters. The van der Waals surface area contributed by atoms with Gasteiger partial charge in [-0.15, -0.1) is 0 Å². The van der Waals surface area contributed by atoms with Gasteiger partial charge in [0.05, 0.1) is 17.5 Å². The summed E-state index contributed by atoms with van der Waals surface area (Å²) in [5.74, 6) is 0.329. The van der Waals surface area contributed by atoms with Crippen molar-refractivity contribution in [2.45, 2.75) is 38.4 Å². The molecule has 0 bridgehead atoms. The second kappa shape index (κ2) is 4.00. The number of hydrogen-bond acceptors (Lipinski definition) is 4. The summed E-state index contributed by atoms with van der Waals surface area (Å²) in [5.41, 5.74) is 0. The number of fused-ring (bicyclic) bond motifs is 1. The van der Waals surface area contributed by atoms with E-state index in [-0.39, 0.29) is 35.5 Å². The van der Waals surface area contributed by atoms with Crippen LogP contribution in [0, 0.1) is 0 Å². The van der Waals surface area contributed by atoms with E-state index in [4.69, 9.17) is 0 Å². The molecule has 0 aliphatic carbocycles. The molecule has 2 atom stereocenters. The third-order valence-corrected chi connectivity index (χ3v) is 4.99. The Bertz CT molecular complexity index is 391. The molecule has 0 saturated carbocycles. The smallest absolute Gasteiger partial charge is 0.224 e. The zero-order chi connectivity index (χ0) is 11.9. The van der Waals surface area contributed by atoms with Crippen molar-refractivity contribution in [3.05, 3.63) is 0 Å². The molecule has 0 aromatic rings. The van der Waals surface area contributed by atoms with Gasteiger partial charge in [0.2, 0.25) is 5.91 Å². The molecular weight excluding hydrogens is 228 g/mol. The number of nitrogens with one attached hydrogen (secondary N) is 1. The Hall–Kier alpha value is -0.620. The molecule has 0 spiro atoms. The average molecular weight is 246 g/mol. The summed E-state index contributed by atoms with van der Waals surface area (Å²) in [6.45, 7) is 4.45. The summed E-state index contributed by atoms with van der Waals surface area (Å²) in [4.78, 5) is 13.6. The Kier molecular flexibility index (Phi) is 2.96. The molecule has 0 aromatic heterocycles. The van der Waals surface area contributed by atoms with Crippen LogP contribution in [0.25, 0.3) is 0 Å². The molecular formula is C10H18N2O3S. The summed E-state index contributed by atoms with van der Waals surface area (Å²) in [6.07, 6.45) is 0.464. The fraction of sp³-hybridized carbons (Fsp3) is 0.900. The summed E-state index contributed by atoms with van der Waals surface area (Å²) in [6, 6.07) is -0.202. The van der Waals surface area contributed by atoms with Crippen LogP contribution in [0.3, 0.4) is 0 Å². The van der Waals surface area contributed by atoms with Crippen LogP contribution in [0.4, 0.5) is 0 Å². The monoisotopic (exact) mass is 246 g/mol. The summed E-state index contributed by atoms with van der Waals surface area (Å²) in [7, 11) is -2.99. The highest BCUT2D eigenvalue weighted by atomic mass is 32.2. The van der Waals surface area contributed by atoms with Gasteiger partial charge in [-0.1, -0.05) is 0 Å². The highest BCUT2D eigenvalue weighted by molar-refractivity contribution is 7.91. The minimum Gasteiger partial charge on any atom is -0.335 e. The molecule has 92 valence electrons. The van der Waals surface area contributed by atoms with E-state index >= 15 is 0 Å². The number of carbonyl (C=O) groups excluding carboxylic acids is 1. The number of carbonyl (C=O) groups is 1. The first-order valence-electron chi connectivity index (χ1n) is 5.66. The van der Waals surface area contributed by atoms with Crippen molar-refractivity contribution in [2.24, 2.45) is 0 Å². The number of amides is 1. The Labute approximate surface area is 96.1 Å². The van der Waals surface area contributed by atoms with Gasteiger partial charge >= 0.3 is 0 Å². The summed E-state index contributed by atoms with van der Waals surface area (Å²) >= 11 is 0. The van der Waals surface area contributed by atoms with Gasteiger partial charge in [-0.3, -0.25) is 4.79 Å². The molecule has 0 aromatic carbocycles. The molecule has 0 radical (unpaired) electrons. The summed E-state index contributed by atoms with van der Waals surface area (Å²) in [5, 5.41) is 3.17. The van der Waals surface area contributed by atoms with Crippen molar-refractivity contribution >= 4 is 15.7 Å². The van der Waals surface area contributed by atoms with Crippen molar-refractivity contribution in [1.29, 1.82) is 0 Å². The molecule has 2 fully saturated rings. The second-order valence-corrected chi connectivity index (χ2v) is 7.00. The minimum atomic E-state index is -2.99. The Morgan fingerprint density at radius 3 is 2.69 bits per heavy atom. The van der Waals surface area contributed by atoms with Crippen LogP contribution in [0.2, 0.25) is 0 Å². The predicted molar refractivity (Wildman–Crippen MR) is 60.8 cm³/mol. The molecule has 6 heteroatoms. The van der Waals surface area contributed by atoms with Crippen molar-refractivity contribution < 1.29 is 13.2 Å². The van der Waals surface area contributed by atoms with E-state index < -0.39 is 9.84 Å². The lowest BCUT2D eigenvalue weighted by Gasteiger charge is -2.33. The van der Waals surface area contributed by atoms with E-state index in [1.165, 1.54) is 0 Å². The van der Waals surface area contributed by atoms with Gasteiger partial charge in [0.15, 0.2) is 9.84 Å². The van der Waals surface area contributed by atoms with Gasteiger partial charge in [-0.05, 0) is 13.8 Å². The van der Waals surface area contributed by atoms with Gasteiger partial charge in [0.1, 0.15) is 0 Å². The zero-order valence-electron chi connectivity index (χ0n) is 9.64. The lowest BCUT2D eigenvalue weighted by Crippen LogP contribution is -2.51. The van der Waals surface area contributed by atoms with Gasteiger partial charge in [0, 0.05) is 25.0 Å². The molecule has 5 nitrogen and oxygen atoms in total.